The normalized spacial score (nSPS) is 30.7. The van der Waals surface area contributed by atoms with Gasteiger partial charge in [-0.2, -0.15) is 5.26 Å². The van der Waals surface area contributed by atoms with Crippen LogP contribution in [-0.2, 0) is 0 Å². The number of nitriles is 1. The molecule has 2 saturated carbocycles. The molecule has 0 aromatic carbocycles. The molecule has 1 nitrogen and oxygen atoms in total. The van der Waals surface area contributed by atoms with Crippen LogP contribution in [0.5, 0.6) is 0 Å². The summed E-state index contributed by atoms with van der Waals surface area (Å²) in [5.74, 6) is 4.11. The Hall–Kier alpha value is -1.03. The van der Waals surface area contributed by atoms with Gasteiger partial charge in [0.2, 0.25) is 0 Å². The lowest BCUT2D eigenvalue weighted by Gasteiger charge is -2.38. The van der Waals surface area contributed by atoms with Gasteiger partial charge >= 0.3 is 0 Å². The molecule has 0 N–H and O–H groups in total. The third kappa shape index (κ3) is 7.81. The van der Waals surface area contributed by atoms with E-state index >= 15 is 0 Å². The molecule has 0 spiro atoms. The molecule has 2 aliphatic carbocycles. The van der Waals surface area contributed by atoms with Gasteiger partial charge < -0.3 is 0 Å². The fourth-order valence-corrected chi connectivity index (χ4v) is 5.18. The summed E-state index contributed by atoms with van der Waals surface area (Å²) in [5, 5.41) is 8.45. The molecule has 0 radical (unpaired) electrons. The molecule has 2 fully saturated rings. The van der Waals surface area contributed by atoms with E-state index in [0.717, 1.165) is 23.7 Å². The highest BCUT2D eigenvalue weighted by atomic mass is 14.4. The Morgan fingerprint density at radius 3 is 1.96 bits per heavy atom. The Morgan fingerprint density at radius 1 is 0.800 bits per heavy atom. The van der Waals surface area contributed by atoms with Gasteiger partial charge in [-0.05, 0) is 62.2 Å². The van der Waals surface area contributed by atoms with Gasteiger partial charge in [0, 0.05) is 6.08 Å². The van der Waals surface area contributed by atoms with Crippen LogP contribution >= 0.6 is 0 Å². The lowest BCUT2D eigenvalue weighted by Crippen LogP contribution is -2.25. The molecule has 0 heterocycles. The second-order valence-electron chi connectivity index (χ2n) is 8.55. The van der Waals surface area contributed by atoms with E-state index in [1.807, 2.05) is 18.2 Å². The van der Waals surface area contributed by atoms with Crippen molar-refractivity contribution in [3.63, 3.8) is 0 Å². The summed E-state index contributed by atoms with van der Waals surface area (Å²) in [6.45, 7) is 2.31. The minimum Gasteiger partial charge on any atom is -0.193 e. The van der Waals surface area contributed by atoms with Crippen LogP contribution in [0.4, 0.5) is 0 Å². The smallest absolute Gasteiger partial charge is 0.0912 e. The van der Waals surface area contributed by atoms with Gasteiger partial charge in [-0.25, -0.2) is 0 Å². The topological polar surface area (TPSA) is 23.8 Å². The van der Waals surface area contributed by atoms with Crippen molar-refractivity contribution < 1.29 is 0 Å². The zero-order valence-corrected chi connectivity index (χ0v) is 16.5. The van der Waals surface area contributed by atoms with Crippen molar-refractivity contribution in [1.82, 2.24) is 0 Å². The maximum absolute atomic E-state index is 8.45. The molecule has 0 amide bonds. The number of allylic oxidation sites excluding steroid dienone is 4. The molecule has 25 heavy (non-hydrogen) atoms. The lowest BCUT2D eigenvalue weighted by atomic mass is 9.68. The minimum atomic E-state index is 0.950. The fraction of sp³-hybridized carbons (Fsp3) is 0.792. The highest BCUT2D eigenvalue weighted by Crippen LogP contribution is 2.43. The Bertz CT molecular complexity index is 426. The van der Waals surface area contributed by atoms with Crippen LogP contribution in [0.25, 0.3) is 0 Å². The standard InChI is InChI=1S/C24H39N/c1-2-3-7-10-21-12-16-23(17-13-21)24-18-14-22(15-19-24)11-8-5-4-6-9-20-25/h4-6,9,21-24H,2-3,7-8,10-19H2,1H3/t21-,22-,23-,24-. The summed E-state index contributed by atoms with van der Waals surface area (Å²) in [6.07, 6.45) is 27.9. The summed E-state index contributed by atoms with van der Waals surface area (Å²) in [5.41, 5.74) is 0. The van der Waals surface area contributed by atoms with Gasteiger partial charge in [0.25, 0.3) is 0 Å². The van der Waals surface area contributed by atoms with Crippen LogP contribution in [0.15, 0.2) is 24.3 Å². The largest absolute Gasteiger partial charge is 0.193 e. The van der Waals surface area contributed by atoms with Crippen molar-refractivity contribution >= 4 is 0 Å². The summed E-state index contributed by atoms with van der Waals surface area (Å²) in [7, 11) is 0. The Balaban J connectivity index is 1.57. The van der Waals surface area contributed by atoms with Crippen molar-refractivity contribution in [2.75, 3.05) is 0 Å². The summed E-state index contributed by atoms with van der Waals surface area (Å²) < 4.78 is 0. The Kier molecular flexibility index (Phi) is 10.0. The molecule has 0 unspecified atom stereocenters. The first kappa shape index (κ1) is 20.3. The van der Waals surface area contributed by atoms with Crippen molar-refractivity contribution in [3.8, 4) is 6.07 Å². The van der Waals surface area contributed by atoms with E-state index < -0.39 is 0 Å². The van der Waals surface area contributed by atoms with E-state index in [1.165, 1.54) is 89.9 Å². The quantitative estimate of drug-likeness (QED) is 0.241. The SMILES string of the molecule is CCCCC[C@H]1CC[C@H]([C@H]2CC[C@H](CCC=CC=CC#N)CC2)CC1. The van der Waals surface area contributed by atoms with E-state index in [-0.39, 0.29) is 0 Å². The van der Waals surface area contributed by atoms with E-state index in [0.29, 0.717) is 0 Å². The maximum atomic E-state index is 8.45. The van der Waals surface area contributed by atoms with Gasteiger partial charge in [-0.15, -0.1) is 0 Å². The molecule has 1 heteroatoms. The van der Waals surface area contributed by atoms with Crippen LogP contribution in [-0.4, -0.2) is 0 Å². The predicted molar refractivity (Wildman–Crippen MR) is 108 cm³/mol. The molecule has 2 rings (SSSR count). The monoisotopic (exact) mass is 341 g/mol. The van der Waals surface area contributed by atoms with Crippen LogP contribution in [0, 0.1) is 35.0 Å². The van der Waals surface area contributed by atoms with Crippen molar-refractivity contribution in [2.45, 2.75) is 96.8 Å². The minimum absolute atomic E-state index is 0.950. The molecule has 0 aromatic rings. The number of hydrogen-bond donors (Lipinski definition) is 0. The van der Waals surface area contributed by atoms with E-state index in [9.17, 15) is 0 Å². The molecule has 0 saturated heterocycles. The van der Waals surface area contributed by atoms with Gasteiger partial charge in [0.1, 0.15) is 0 Å². The summed E-state index contributed by atoms with van der Waals surface area (Å²) in [4.78, 5) is 0. The number of nitrogens with zero attached hydrogens (tertiary/aromatic N) is 1. The van der Waals surface area contributed by atoms with E-state index in [1.54, 1.807) is 6.08 Å². The van der Waals surface area contributed by atoms with Crippen LogP contribution in [0.1, 0.15) is 96.8 Å². The second-order valence-corrected chi connectivity index (χ2v) is 8.55. The van der Waals surface area contributed by atoms with E-state index in [2.05, 4.69) is 13.0 Å². The third-order valence-corrected chi connectivity index (χ3v) is 6.82. The van der Waals surface area contributed by atoms with Gasteiger partial charge in [0.15, 0.2) is 0 Å². The molecule has 140 valence electrons. The van der Waals surface area contributed by atoms with Crippen molar-refractivity contribution in [2.24, 2.45) is 23.7 Å². The van der Waals surface area contributed by atoms with Crippen molar-refractivity contribution in [3.05, 3.63) is 24.3 Å². The molecule has 0 aliphatic heterocycles. The summed E-state index contributed by atoms with van der Waals surface area (Å²) in [6, 6.07) is 2.03. The number of rotatable bonds is 9. The maximum Gasteiger partial charge on any atom is 0.0912 e. The highest BCUT2D eigenvalue weighted by molar-refractivity contribution is 5.11. The Labute approximate surface area is 156 Å². The highest BCUT2D eigenvalue weighted by Gasteiger charge is 2.30. The average molecular weight is 342 g/mol. The molecular formula is C24H39N. The number of unbranched alkanes of at least 4 members (excludes halogenated alkanes) is 2. The molecule has 2 aliphatic rings. The Morgan fingerprint density at radius 2 is 1.40 bits per heavy atom. The predicted octanol–water partition coefficient (Wildman–Crippen LogP) is 7.60. The molecule has 0 atom stereocenters. The fourth-order valence-electron chi connectivity index (χ4n) is 5.18. The van der Waals surface area contributed by atoms with Gasteiger partial charge in [-0.3, -0.25) is 0 Å². The zero-order chi connectivity index (χ0) is 17.7. The summed E-state index contributed by atoms with van der Waals surface area (Å²) >= 11 is 0. The average Bonchev–Trinajstić information content (AvgIpc) is 2.66. The zero-order valence-electron chi connectivity index (χ0n) is 16.5. The molecule has 0 aromatic heterocycles. The number of hydrogen-bond acceptors (Lipinski definition) is 1. The lowest BCUT2D eigenvalue weighted by molar-refractivity contribution is 0.140. The molecule has 0 bridgehead atoms. The van der Waals surface area contributed by atoms with Crippen molar-refractivity contribution in [1.29, 1.82) is 5.26 Å². The van der Waals surface area contributed by atoms with Gasteiger partial charge in [-0.1, -0.05) is 76.5 Å². The first-order valence-electron chi connectivity index (χ1n) is 11.0. The first-order chi connectivity index (χ1) is 12.3. The molecular weight excluding hydrogens is 302 g/mol. The van der Waals surface area contributed by atoms with Crippen LogP contribution < -0.4 is 0 Å². The first-order valence-corrected chi connectivity index (χ1v) is 11.0. The van der Waals surface area contributed by atoms with Gasteiger partial charge in [0.05, 0.1) is 6.07 Å². The third-order valence-electron chi connectivity index (χ3n) is 6.82. The second kappa shape index (κ2) is 12.3. The van der Waals surface area contributed by atoms with E-state index in [4.69, 9.17) is 5.26 Å². The van der Waals surface area contributed by atoms with Crippen LogP contribution in [0.3, 0.4) is 0 Å². The van der Waals surface area contributed by atoms with Crippen LogP contribution in [0.2, 0.25) is 0 Å².